The van der Waals surface area contributed by atoms with Gasteiger partial charge < -0.3 is 5.32 Å². The lowest BCUT2D eigenvalue weighted by Gasteiger charge is -2.22. The summed E-state index contributed by atoms with van der Waals surface area (Å²) < 4.78 is 0. The Morgan fingerprint density at radius 2 is 1.72 bits per heavy atom. The van der Waals surface area contributed by atoms with Gasteiger partial charge in [0, 0.05) is 6.54 Å². The zero-order chi connectivity index (χ0) is 13.8. The van der Waals surface area contributed by atoms with Gasteiger partial charge in [0.25, 0.3) is 0 Å². The van der Waals surface area contributed by atoms with Gasteiger partial charge in [-0.3, -0.25) is 0 Å². The summed E-state index contributed by atoms with van der Waals surface area (Å²) in [4.78, 5) is 0. The molecule has 2 nitrogen and oxygen atoms in total. The molecule has 0 saturated heterocycles. The average Bonchev–Trinajstić information content (AvgIpc) is 2.25. The van der Waals surface area contributed by atoms with Gasteiger partial charge in [-0.1, -0.05) is 32.9 Å². The molecule has 0 aliphatic heterocycles. The fourth-order valence-electron chi connectivity index (χ4n) is 2.18. The molecule has 1 aromatic rings. The van der Waals surface area contributed by atoms with Crippen LogP contribution in [0.15, 0.2) is 12.1 Å². The van der Waals surface area contributed by atoms with Crippen molar-refractivity contribution in [1.29, 1.82) is 5.26 Å². The summed E-state index contributed by atoms with van der Waals surface area (Å²) in [7, 11) is 0. The standard InChI is InChI=1S/C16H24N2/c1-12-10-14(16(3,4)5)11-13(2)15(12)6-8-18-9-7-17/h10-11,18H,6,8-9H2,1-5H3. The Kier molecular flexibility index (Phi) is 4.93. The van der Waals surface area contributed by atoms with Crippen molar-refractivity contribution in [3.63, 3.8) is 0 Å². The molecular weight excluding hydrogens is 220 g/mol. The van der Waals surface area contributed by atoms with E-state index >= 15 is 0 Å². The van der Waals surface area contributed by atoms with E-state index in [2.05, 4.69) is 58.1 Å². The van der Waals surface area contributed by atoms with Crippen LogP contribution >= 0.6 is 0 Å². The zero-order valence-corrected chi connectivity index (χ0v) is 12.2. The molecule has 0 aliphatic rings. The number of hydrogen-bond acceptors (Lipinski definition) is 2. The van der Waals surface area contributed by atoms with Gasteiger partial charge in [0.05, 0.1) is 12.6 Å². The molecule has 0 bridgehead atoms. The van der Waals surface area contributed by atoms with Crippen LogP contribution in [0, 0.1) is 25.2 Å². The Morgan fingerprint density at radius 1 is 1.17 bits per heavy atom. The fraction of sp³-hybridized carbons (Fsp3) is 0.562. The fourth-order valence-corrected chi connectivity index (χ4v) is 2.18. The van der Waals surface area contributed by atoms with Crippen molar-refractivity contribution < 1.29 is 0 Å². The van der Waals surface area contributed by atoms with Crippen LogP contribution in [0.3, 0.4) is 0 Å². The first-order valence-corrected chi connectivity index (χ1v) is 6.54. The van der Waals surface area contributed by atoms with Crippen molar-refractivity contribution >= 4 is 0 Å². The normalized spacial score (nSPS) is 11.3. The molecule has 0 saturated carbocycles. The van der Waals surface area contributed by atoms with E-state index in [0.29, 0.717) is 6.54 Å². The Morgan fingerprint density at radius 3 is 2.17 bits per heavy atom. The van der Waals surface area contributed by atoms with Crippen LogP contribution < -0.4 is 5.32 Å². The summed E-state index contributed by atoms with van der Waals surface area (Å²) in [5, 5.41) is 11.6. The molecule has 2 heteroatoms. The predicted octanol–water partition coefficient (Wildman–Crippen LogP) is 3.26. The van der Waals surface area contributed by atoms with E-state index in [1.165, 1.54) is 22.3 Å². The number of nitrogens with one attached hydrogen (secondary N) is 1. The lowest BCUT2D eigenvalue weighted by molar-refractivity contribution is 0.588. The highest BCUT2D eigenvalue weighted by molar-refractivity contribution is 5.40. The van der Waals surface area contributed by atoms with Gasteiger partial charge in [0.1, 0.15) is 0 Å². The number of hydrogen-bond donors (Lipinski definition) is 1. The molecule has 0 heterocycles. The number of benzene rings is 1. The van der Waals surface area contributed by atoms with Crippen LogP contribution in [0.5, 0.6) is 0 Å². The molecule has 0 aliphatic carbocycles. The maximum absolute atomic E-state index is 8.49. The first-order chi connectivity index (χ1) is 8.36. The second-order valence-corrected chi connectivity index (χ2v) is 5.92. The van der Waals surface area contributed by atoms with Gasteiger partial charge >= 0.3 is 0 Å². The Hall–Kier alpha value is -1.33. The van der Waals surface area contributed by atoms with E-state index in [1.807, 2.05) is 0 Å². The predicted molar refractivity (Wildman–Crippen MR) is 76.8 cm³/mol. The third-order valence-electron chi connectivity index (χ3n) is 3.32. The number of nitrogens with zero attached hydrogens (tertiary/aromatic N) is 1. The van der Waals surface area contributed by atoms with E-state index < -0.39 is 0 Å². The Labute approximate surface area is 111 Å². The largest absolute Gasteiger partial charge is 0.304 e. The molecule has 0 atom stereocenters. The van der Waals surface area contributed by atoms with Crippen LogP contribution in [0.1, 0.15) is 43.0 Å². The minimum Gasteiger partial charge on any atom is -0.304 e. The maximum atomic E-state index is 8.49. The summed E-state index contributed by atoms with van der Waals surface area (Å²) >= 11 is 0. The van der Waals surface area contributed by atoms with Crippen molar-refractivity contribution in [3.05, 3.63) is 34.4 Å². The van der Waals surface area contributed by atoms with Gasteiger partial charge in [-0.05, 0) is 47.9 Å². The van der Waals surface area contributed by atoms with E-state index in [4.69, 9.17) is 5.26 Å². The number of nitriles is 1. The second-order valence-electron chi connectivity index (χ2n) is 5.92. The molecule has 0 radical (unpaired) electrons. The van der Waals surface area contributed by atoms with Crippen LogP contribution in [-0.2, 0) is 11.8 Å². The summed E-state index contributed by atoms with van der Waals surface area (Å²) in [6.45, 7) is 12.4. The first kappa shape index (κ1) is 14.7. The lowest BCUT2D eigenvalue weighted by atomic mass is 9.83. The first-order valence-electron chi connectivity index (χ1n) is 6.54. The van der Waals surface area contributed by atoms with Gasteiger partial charge in [-0.2, -0.15) is 5.26 Å². The molecule has 1 N–H and O–H groups in total. The second kappa shape index (κ2) is 6.02. The molecule has 0 amide bonds. The molecule has 0 aromatic heterocycles. The number of aryl methyl sites for hydroxylation is 2. The molecule has 1 rings (SSSR count). The van der Waals surface area contributed by atoms with Gasteiger partial charge in [-0.15, -0.1) is 0 Å². The lowest BCUT2D eigenvalue weighted by Crippen LogP contribution is -2.18. The third-order valence-corrected chi connectivity index (χ3v) is 3.32. The molecular formula is C16H24N2. The highest BCUT2D eigenvalue weighted by atomic mass is 14.8. The highest BCUT2D eigenvalue weighted by Crippen LogP contribution is 2.26. The van der Waals surface area contributed by atoms with Crippen molar-refractivity contribution in [1.82, 2.24) is 5.32 Å². The summed E-state index contributed by atoms with van der Waals surface area (Å²) in [5.74, 6) is 0. The monoisotopic (exact) mass is 244 g/mol. The smallest absolute Gasteiger partial charge is 0.0841 e. The van der Waals surface area contributed by atoms with Crippen molar-refractivity contribution in [2.45, 2.75) is 46.5 Å². The molecule has 0 unspecified atom stereocenters. The molecule has 98 valence electrons. The minimum absolute atomic E-state index is 0.201. The molecule has 0 spiro atoms. The SMILES string of the molecule is Cc1cc(C(C)(C)C)cc(C)c1CCNCC#N. The van der Waals surface area contributed by atoms with Crippen molar-refractivity contribution in [3.8, 4) is 6.07 Å². The van der Waals surface area contributed by atoms with Crippen LogP contribution in [0.2, 0.25) is 0 Å². The Balaban J connectivity index is 2.86. The van der Waals surface area contributed by atoms with Crippen LogP contribution in [-0.4, -0.2) is 13.1 Å². The van der Waals surface area contributed by atoms with Gasteiger partial charge in [0.15, 0.2) is 0 Å². The quantitative estimate of drug-likeness (QED) is 0.652. The van der Waals surface area contributed by atoms with E-state index in [0.717, 1.165) is 13.0 Å². The van der Waals surface area contributed by atoms with Crippen LogP contribution in [0.4, 0.5) is 0 Å². The molecule has 0 fully saturated rings. The Bertz CT molecular complexity index is 424. The third kappa shape index (κ3) is 3.85. The maximum Gasteiger partial charge on any atom is 0.0841 e. The van der Waals surface area contributed by atoms with Crippen molar-refractivity contribution in [2.75, 3.05) is 13.1 Å². The average molecular weight is 244 g/mol. The van der Waals surface area contributed by atoms with E-state index in [-0.39, 0.29) is 5.41 Å². The van der Waals surface area contributed by atoms with Crippen LogP contribution in [0.25, 0.3) is 0 Å². The minimum atomic E-state index is 0.201. The molecule has 1 aromatic carbocycles. The van der Waals surface area contributed by atoms with Crippen molar-refractivity contribution in [2.24, 2.45) is 0 Å². The van der Waals surface area contributed by atoms with Gasteiger partial charge in [0.2, 0.25) is 0 Å². The van der Waals surface area contributed by atoms with Gasteiger partial charge in [-0.25, -0.2) is 0 Å². The number of rotatable bonds is 4. The zero-order valence-electron chi connectivity index (χ0n) is 12.2. The van der Waals surface area contributed by atoms with E-state index in [1.54, 1.807) is 0 Å². The summed E-state index contributed by atoms with van der Waals surface area (Å²) in [6, 6.07) is 6.70. The molecule has 18 heavy (non-hydrogen) atoms. The summed E-state index contributed by atoms with van der Waals surface area (Å²) in [5.41, 5.74) is 5.73. The highest BCUT2D eigenvalue weighted by Gasteiger charge is 2.15. The van der Waals surface area contributed by atoms with E-state index in [9.17, 15) is 0 Å². The topological polar surface area (TPSA) is 35.8 Å². The summed E-state index contributed by atoms with van der Waals surface area (Å²) in [6.07, 6.45) is 0.990.